The number of carbonyl (C=O) groups is 2. The van der Waals surface area contributed by atoms with Gasteiger partial charge < -0.3 is 10.1 Å². The third kappa shape index (κ3) is 5.21. The average Bonchev–Trinajstić information content (AvgIpc) is 2.90. The van der Waals surface area contributed by atoms with Crippen LogP contribution in [0, 0.1) is 6.92 Å². The first kappa shape index (κ1) is 21.0. The lowest BCUT2D eigenvalue weighted by molar-refractivity contribution is -0.113. The highest BCUT2D eigenvalue weighted by Crippen LogP contribution is 2.63. The van der Waals surface area contributed by atoms with Crippen LogP contribution in [0.5, 0.6) is 0 Å². The lowest BCUT2D eigenvalue weighted by Crippen LogP contribution is -2.23. The Morgan fingerprint density at radius 1 is 1.11 bits per heavy atom. The highest BCUT2D eigenvalue weighted by Gasteiger charge is 2.40. The smallest absolute Gasteiger partial charge is 0.350 e. The van der Waals surface area contributed by atoms with Crippen LogP contribution in [0.1, 0.15) is 46.5 Å². The number of methoxy groups -OCH3 is 1. The average molecular weight is 419 g/mol. The maximum Gasteiger partial charge on any atom is 0.350 e. The van der Waals surface area contributed by atoms with Crippen molar-refractivity contribution in [2.45, 2.75) is 38.8 Å². The van der Waals surface area contributed by atoms with E-state index in [4.69, 9.17) is 4.74 Å². The molecule has 1 N–H and O–H groups in total. The SMILES string of the molecule is COC(=O)c1scc(C)c1NC(=O)C[P+]1(Cc2ccccc2)CCCCCC1. The molecule has 0 atom stereocenters. The summed E-state index contributed by atoms with van der Waals surface area (Å²) in [6.45, 7) is 1.92. The zero-order valence-electron chi connectivity index (χ0n) is 16.7. The van der Waals surface area contributed by atoms with Gasteiger partial charge in [0.15, 0.2) is 0 Å². The van der Waals surface area contributed by atoms with Crippen molar-refractivity contribution in [2.75, 3.05) is 30.9 Å². The Kier molecular flexibility index (Phi) is 7.25. The van der Waals surface area contributed by atoms with E-state index < -0.39 is 13.2 Å². The van der Waals surface area contributed by atoms with Crippen LogP contribution in [0.3, 0.4) is 0 Å². The summed E-state index contributed by atoms with van der Waals surface area (Å²) in [4.78, 5) is 25.6. The minimum absolute atomic E-state index is 0.0396. The Morgan fingerprint density at radius 2 is 1.79 bits per heavy atom. The van der Waals surface area contributed by atoms with Gasteiger partial charge in [0.25, 0.3) is 5.91 Å². The second kappa shape index (κ2) is 9.67. The van der Waals surface area contributed by atoms with Gasteiger partial charge in [-0.3, -0.25) is 4.79 Å². The standard InChI is InChI=1S/C22H28NO3PS/c1-17-16-28-21(22(25)26-2)20(17)23-19(24)15-27(12-8-3-4-9-13-27)14-18-10-6-5-7-11-18/h5-7,10-11,16H,3-4,8-9,12-15H2,1-2H3/p+1. The molecule has 0 saturated carbocycles. The highest BCUT2D eigenvalue weighted by molar-refractivity contribution is 7.76. The summed E-state index contributed by atoms with van der Waals surface area (Å²) in [5.41, 5.74) is 2.87. The molecule has 28 heavy (non-hydrogen) atoms. The molecule has 2 aromatic rings. The van der Waals surface area contributed by atoms with E-state index in [1.54, 1.807) is 0 Å². The predicted molar refractivity (Wildman–Crippen MR) is 119 cm³/mol. The number of carbonyl (C=O) groups excluding carboxylic acids is 2. The Bertz CT molecular complexity index is 810. The third-order valence-electron chi connectivity index (χ3n) is 5.46. The summed E-state index contributed by atoms with van der Waals surface area (Å²) < 4.78 is 4.86. The minimum Gasteiger partial charge on any atom is -0.465 e. The molecular weight excluding hydrogens is 389 g/mol. The summed E-state index contributed by atoms with van der Waals surface area (Å²) in [6.07, 6.45) is 8.98. The van der Waals surface area contributed by atoms with Gasteiger partial charge in [-0.2, -0.15) is 0 Å². The Morgan fingerprint density at radius 3 is 2.43 bits per heavy atom. The predicted octanol–water partition coefficient (Wildman–Crippen LogP) is 5.57. The molecule has 1 aliphatic heterocycles. The molecule has 1 aliphatic rings. The molecule has 1 saturated heterocycles. The van der Waals surface area contributed by atoms with Crippen molar-refractivity contribution < 1.29 is 14.3 Å². The molecule has 150 valence electrons. The number of hydrogen-bond acceptors (Lipinski definition) is 4. The van der Waals surface area contributed by atoms with Crippen LogP contribution in [0.2, 0.25) is 0 Å². The fraction of sp³-hybridized carbons (Fsp3) is 0.455. The van der Waals surface area contributed by atoms with Gasteiger partial charge >= 0.3 is 5.97 Å². The van der Waals surface area contributed by atoms with Gasteiger partial charge in [-0.25, -0.2) is 4.79 Å². The van der Waals surface area contributed by atoms with Crippen LogP contribution < -0.4 is 5.32 Å². The van der Waals surface area contributed by atoms with Gasteiger partial charge in [0.05, 0.1) is 31.3 Å². The number of anilines is 1. The lowest BCUT2D eigenvalue weighted by Gasteiger charge is -2.26. The summed E-state index contributed by atoms with van der Waals surface area (Å²) in [6, 6.07) is 10.6. The molecule has 0 bridgehead atoms. The molecule has 1 aromatic heterocycles. The maximum atomic E-state index is 13.1. The first-order valence-electron chi connectivity index (χ1n) is 9.88. The van der Waals surface area contributed by atoms with Gasteiger partial charge in [0, 0.05) is 7.26 Å². The van der Waals surface area contributed by atoms with Crippen molar-refractivity contribution in [1.29, 1.82) is 0 Å². The summed E-state index contributed by atoms with van der Waals surface area (Å²) in [5.74, 6) is -0.352. The monoisotopic (exact) mass is 418 g/mol. The van der Waals surface area contributed by atoms with E-state index in [0.29, 0.717) is 16.7 Å². The summed E-state index contributed by atoms with van der Waals surface area (Å²) in [7, 11) is -0.0457. The fourth-order valence-electron chi connectivity index (χ4n) is 4.03. The number of esters is 1. The number of amides is 1. The van der Waals surface area contributed by atoms with Gasteiger partial charge in [-0.15, -0.1) is 11.3 Å². The Hall–Kier alpha value is -1.71. The van der Waals surface area contributed by atoms with E-state index in [9.17, 15) is 9.59 Å². The number of thiophene rings is 1. The quantitative estimate of drug-likeness (QED) is 0.493. The zero-order chi connectivity index (χ0) is 20.0. The zero-order valence-corrected chi connectivity index (χ0v) is 18.4. The van der Waals surface area contributed by atoms with Crippen molar-refractivity contribution in [3.63, 3.8) is 0 Å². The van der Waals surface area contributed by atoms with Gasteiger partial charge in [-0.1, -0.05) is 30.3 Å². The highest BCUT2D eigenvalue weighted by atomic mass is 32.1. The lowest BCUT2D eigenvalue weighted by atomic mass is 10.2. The first-order chi connectivity index (χ1) is 13.5. The third-order valence-corrected chi connectivity index (χ3v) is 11.1. The molecule has 4 nitrogen and oxygen atoms in total. The molecule has 6 heteroatoms. The van der Waals surface area contributed by atoms with Crippen LogP contribution >= 0.6 is 18.6 Å². The van der Waals surface area contributed by atoms with E-state index in [0.717, 1.165) is 11.7 Å². The van der Waals surface area contributed by atoms with Gasteiger partial charge in [-0.05, 0) is 49.1 Å². The summed E-state index contributed by atoms with van der Waals surface area (Å²) in [5, 5.41) is 4.94. The molecule has 0 radical (unpaired) electrons. The van der Waals surface area contributed by atoms with Crippen molar-refractivity contribution >= 4 is 36.2 Å². The molecule has 0 unspecified atom stereocenters. The van der Waals surface area contributed by atoms with Crippen LogP contribution in [-0.4, -0.2) is 37.5 Å². The molecule has 2 heterocycles. The van der Waals surface area contributed by atoms with Crippen LogP contribution in [-0.2, 0) is 15.7 Å². The van der Waals surface area contributed by atoms with Crippen LogP contribution in [0.25, 0.3) is 0 Å². The summed E-state index contributed by atoms with van der Waals surface area (Å²) >= 11 is 1.32. The largest absolute Gasteiger partial charge is 0.465 e. The van der Waals surface area contributed by atoms with E-state index in [-0.39, 0.29) is 5.91 Å². The fourth-order valence-corrected chi connectivity index (χ4v) is 9.38. The number of hydrogen-bond donors (Lipinski definition) is 1. The molecule has 3 rings (SSSR count). The van der Waals surface area contributed by atoms with Crippen LogP contribution in [0.15, 0.2) is 35.7 Å². The van der Waals surface area contributed by atoms with Crippen molar-refractivity contribution in [3.8, 4) is 0 Å². The molecule has 0 spiro atoms. The molecule has 1 amide bonds. The maximum absolute atomic E-state index is 13.1. The molecular formula is C22H29NO3PS+. The number of ether oxygens (including phenoxy) is 1. The number of benzene rings is 1. The Labute approximate surface area is 172 Å². The topological polar surface area (TPSA) is 55.4 Å². The van der Waals surface area contributed by atoms with Gasteiger partial charge in [0.2, 0.25) is 0 Å². The van der Waals surface area contributed by atoms with E-state index in [2.05, 4.69) is 29.6 Å². The van der Waals surface area contributed by atoms with Crippen molar-refractivity contribution in [3.05, 3.63) is 51.7 Å². The minimum atomic E-state index is -1.42. The van der Waals surface area contributed by atoms with Crippen molar-refractivity contribution in [2.24, 2.45) is 0 Å². The number of nitrogens with one attached hydrogen (secondary N) is 1. The normalized spacial score (nSPS) is 16.2. The Balaban J connectivity index is 1.78. The first-order valence-corrected chi connectivity index (χ1v) is 13.3. The van der Waals surface area contributed by atoms with E-state index >= 15 is 0 Å². The van der Waals surface area contributed by atoms with Crippen molar-refractivity contribution in [1.82, 2.24) is 0 Å². The second-order valence-corrected chi connectivity index (χ2v) is 12.8. The number of rotatable bonds is 6. The van der Waals surface area contributed by atoms with Crippen LogP contribution in [0.4, 0.5) is 5.69 Å². The second-order valence-electron chi connectivity index (χ2n) is 7.67. The van der Waals surface area contributed by atoms with E-state index in [1.165, 1.54) is 62.0 Å². The molecule has 1 fully saturated rings. The van der Waals surface area contributed by atoms with Gasteiger partial charge in [0.1, 0.15) is 11.0 Å². The number of aryl methyl sites for hydroxylation is 1. The van der Waals surface area contributed by atoms with E-state index in [1.807, 2.05) is 18.4 Å². The molecule has 1 aromatic carbocycles. The molecule has 0 aliphatic carbocycles.